The van der Waals surface area contributed by atoms with Crippen molar-refractivity contribution in [1.29, 1.82) is 5.26 Å². The van der Waals surface area contributed by atoms with Crippen LogP contribution in [0.3, 0.4) is 0 Å². The number of aromatic amines is 1. The molecule has 2 aromatic carbocycles. The van der Waals surface area contributed by atoms with Crippen LogP contribution in [0.2, 0.25) is 0 Å². The van der Waals surface area contributed by atoms with Gasteiger partial charge in [0.25, 0.3) is 0 Å². The number of nitrogens with zero attached hydrogens (tertiary/aromatic N) is 2. The molecule has 0 aliphatic rings. The molecule has 0 spiro atoms. The molecule has 1 unspecified atom stereocenters. The van der Waals surface area contributed by atoms with Crippen LogP contribution in [0.5, 0.6) is 5.75 Å². The molecule has 0 radical (unpaired) electrons. The van der Waals surface area contributed by atoms with Crippen LogP contribution in [0.15, 0.2) is 48.5 Å². The Balaban J connectivity index is 1.93. The van der Waals surface area contributed by atoms with Crippen molar-refractivity contribution in [1.82, 2.24) is 9.97 Å². The number of carbonyl (C=O) groups is 1. The van der Waals surface area contributed by atoms with E-state index in [9.17, 15) is 18.8 Å². The van der Waals surface area contributed by atoms with Gasteiger partial charge in [-0.1, -0.05) is 24.3 Å². The first kappa shape index (κ1) is 15.6. The number of ketones is 1. The number of halogens is 2. The zero-order valence-corrected chi connectivity index (χ0v) is 12.2. The third-order valence-corrected chi connectivity index (χ3v) is 3.42. The number of ether oxygens (including phenoxy) is 1. The number of benzene rings is 2. The maximum absolute atomic E-state index is 12.6. The Bertz CT molecular complexity index is 898. The van der Waals surface area contributed by atoms with E-state index >= 15 is 0 Å². The third-order valence-electron chi connectivity index (χ3n) is 3.42. The number of para-hydroxylation sites is 2. The minimum absolute atomic E-state index is 0.0974. The summed E-state index contributed by atoms with van der Waals surface area (Å²) in [5.74, 6) is -1.64. The fourth-order valence-corrected chi connectivity index (χ4v) is 2.35. The SMILES string of the molecule is N#CC(C(=O)c1cccc(OC(F)F)c1)c1nc2ccccc2[nH]1. The fourth-order valence-electron chi connectivity index (χ4n) is 2.35. The zero-order chi connectivity index (χ0) is 17.1. The van der Waals surface area contributed by atoms with Gasteiger partial charge in [0.2, 0.25) is 0 Å². The summed E-state index contributed by atoms with van der Waals surface area (Å²) < 4.78 is 28.9. The lowest BCUT2D eigenvalue weighted by molar-refractivity contribution is -0.0498. The molecular weight excluding hydrogens is 316 g/mol. The lowest BCUT2D eigenvalue weighted by atomic mass is 9.98. The highest BCUT2D eigenvalue weighted by Crippen LogP contribution is 2.24. The van der Waals surface area contributed by atoms with Gasteiger partial charge in [0.15, 0.2) is 11.7 Å². The summed E-state index contributed by atoms with van der Waals surface area (Å²) in [6.45, 7) is -2.99. The number of imidazole rings is 1. The average molecular weight is 327 g/mol. The molecule has 1 N–H and O–H groups in total. The number of alkyl halides is 2. The Hall–Kier alpha value is -3.27. The lowest BCUT2D eigenvalue weighted by Gasteiger charge is -2.08. The molecule has 3 aromatic rings. The minimum Gasteiger partial charge on any atom is -0.435 e. The number of rotatable bonds is 5. The quantitative estimate of drug-likeness (QED) is 0.725. The molecule has 1 atom stereocenters. The zero-order valence-electron chi connectivity index (χ0n) is 12.2. The first-order valence-electron chi connectivity index (χ1n) is 7.02. The second kappa shape index (κ2) is 6.46. The maximum Gasteiger partial charge on any atom is 0.387 e. The Kier molecular flexibility index (Phi) is 4.20. The number of nitriles is 1. The first-order chi connectivity index (χ1) is 11.6. The predicted octanol–water partition coefficient (Wildman–Crippen LogP) is 3.65. The minimum atomic E-state index is -2.99. The van der Waals surface area contributed by atoms with Crippen molar-refractivity contribution in [2.24, 2.45) is 0 Å². The van der Waals surface area contributed by atoms with Gasteiger partial charge in [-0.2, -0.15) is 14.0 Å². The molecule has 120 valence electrons. The van der Waals surface area contributed by atoms with Crippen LogP contribution in [0.1, 0.15) is 22.1 Å². The standard InChI is InChI=1S/C17H11F2N3O2/c18-17(19)24-11-5-3-4-10(8-11)15(23)12(9-20)16-21-13-6-1-2-7-14(13)22-16/h1-8,12,17H,(H,21,22). The Morgan fingerprint density at radius 1 is 1.21 bits per heavy atom. The number of fused-ring (bicyclic) bond motifs is 1. The summed E-state index contributed by atoms with van der Waals surface area (Å²) in [6.07, 6.45) is 0. The highest BCUT2D eigenvalue weighted by molar-refractivity contribution is 6.02. The topological polar surface area (TPSA) is 78.8 Å². The molecule has 7 heteroatoms. The summed E-state index contributed by atoms with van der Waals surface area (Å²) in [7, 11) is 0. The van der Waals surface area contributed by atoms with Crippen LogP contribution in [-0.2, 0) is 0 Å². The molecule has 24 heavy (non-hydrogen) atoms. The summed E-state index contributed by atoms with van der Waals surface area (Å²) in [4.78, 5) is 19.8. The fraction of sp³-hybridized carbons (Fsp3) is 0.118. The van der Waals surface area contributed by atoms with E-state index in [0.29, 0.717) is 11.0 Å². The van der Waals surface area contributed by atoms with E-state index in [1.807, 2.05) is 6.07 Å². The van der Waals surface area contributed by atoms with Gasteiger partial charge in [-0.3, -0.25) is 4.79 Å². The summed E-state index contributed by atoms with van der Waals surface area (Å²) in [5, 5.41) is 9.37. The number of aromatic nitrogens is 2. The van der Waals surface area contributed by atoms with Gasteiger partial charge in [-0.05, 0) is 24.3 Å². The summed E-state index contributed by atoms with van der Waals surface area (Å²) in [5.41, 5.74) is 1.44. The van der Waals surface area contributed by atoms with E-state index in [4.69, 9.17) is 0 Å². The maximum atomic E-state index is 12.6. The summed E-state index contributed by atoms with van der Waals surface area (Å²) in [6, 6.07) is 14.4. The Labute approximate surface area is 135 Å². The predicted molar refractivity (Wildman–Crippen MR) is 81.9 cm³/mol. The van der Waals surface area contributed by atoms with Crippen molar-refractivity contribution >= 4 is 16.8 Å². The number of Topliss-reactive ketones (excluding diaryl/α,β-unsaturated/α-hetero) is 1. The number of carbonyl (C=O) groups excluding carboxylic acids is 1. The number of hydrogen-bond acceptors (Lipinski definition) is 4. The number of H-pyrrole nitrogens is 1. The van der Waals surface area contributed by atoms with E-state index in [1.54, 1.807) is 24.3 Å². The van der Waals surface area contributed by atoms with Crippen molar-refractivity contribution in [2.45, 2.75) is 12.5 Å². The first-order valence-corrected chi connectivity index (χ1v) is 7.02. The van der Waals surface area contributed by atoms with Gasteiger partial charge >= 0.3 is 6.61 Å². The van der Waals surface area contributed by atoms with E-state index in [0.717, 1.165) is 0 Å². The van der Waals surface area contributed by atoms with Gasteiger partial charge in [0.1, 0.15) is 11.6 Å². The number of nitrogens with one attached hydrogen (secondary N) is 1. The highest BCUT2D eigenvalue weighted by Gasteiger charge is 2.25. The van der Waals surface area contributed by atoms with Gasteiger partial charge in [0.05, 0.1) is 17.1 Å². The van der Waals surface area contributed by atoms with Crippen molar-refractivity contribution in [3.63, 3.8) is 0 Å². The molecule has 0 aliphatic carbocycles. The van der Waals surface area contributed by atoms with E-state index in [1.165, 1.54) is 24.3 Å². The van der Waals surface area contributed by atoms with Gasteiger partial charge in [-0.25, -0.2) is 4.98 Å². The Morgan fingerprint density at radius 2 is 2.00 bits per heavy atom. The van der Waals surface area contributed by atoms with E-state index in [-0.39, 0.29) is 17.1 Å². The van der Waals surface area contributed by atoms with E-state index < -0.39 is 18.3 Å². The van der Waals surface area contributed by atoms with Crippen LogP contribution in [0.25, 0.3) is 11.0 Å². The second-order valence-corrected chi connectivity index (χ2v) is 4.97. The van der Waals surface area contributed by atoms with Crippen LogP contribution in [0, 0.1) is 11.3 Å². The van der Waals surface area contributed by atoms with Crippen LogP contribution in [0.4, 0.5) is 8.78 Å². The van der Waals surface area contributed by atoms with Crippen LogP contribution in [-0.4, -0.2) is 22.4 Å². The van der Waals surface area contributed by atoms with E-state index in [2.05, 4.69) is 14.7 Å². The van der Waals surface area contributed by atoms with Gasteiger partial charge in [-0.15, -0.1) is 0 Å². The lowest BCUT2D eigenvalue weighted by Crippen LogP contribution is -2.13. The largest absolute Gasteiger partial charge is 0.435 e. The molecule has 1 heterocycles. The molecule has 0 saturated heterocycles. The molecule has 0 fully saturated rings. The Morgan fingerprint density at radius 3 is 2.71 bits per heavy atom. The average Bonchev–Trinajstić information content (AvgIpc) is 2.98. The smallest absolute Gasteiger partial charge is 0.387 e. The molecule has 5 nitrogen and oxygen atoms in total. The van der Waals surface area contributed by atoms with Gasteiger partial charge in [0, 0.05) is 5.56 Å². The monoisotopic (exact) mass is 327 g/mol. The molecule has 3 rings (SSSR count). The van der Waals surface area contributed by atoms with Crippen LogP contribution < -0.4 is 4.74 Å². The molecular formula is C17H11F2N3O2. The molecule has 0 saturated carbocycles. The van der Waals surface area contributed by atoms with Crippen LogP contribution >= 0.6 is 0 Å². The van der Waals surface area contributed by atoms with Crippen molar-refractivity contribution < 1.29 is 18.3 Å². The van der Waals surface area contributed by atoms with Crippen molar-refractivity contribution in [2.75, 3.05) is 0 Å². The molecule has 0 bridgehead atoms. The number of hydrogen-bond donors (Lipinski definition) is 1. The molecule has 0 aliphatic heterocycles. The van der Waals surface area contributed by atoms with Crippen molar-refractivity contribution in [3.05, 3.63) is 59.9 Å². The highest BCUT2D eigenvalue weighted by atomic mass is 19.3. The van der Waals surface area contributed by atoms with Crippen molar-refractivity contribution in [3.8, 4) is 11.8 Å². The molecule has 1 aromatic heterocycles. The summed E-state index contributed by atoms with van der Waals surface area (Å²) >= 11 is 0. The second-order valence-electron chi connectivity index (χ2n) is 4.97. The van der Waals surface area contributed by atoms with Gasteiger partial charge < -0.3 is 9.72 Å². The third kappa shape index (κ3) is 3.08. The normalized spacial score (nSPS) is 12.1. The molecule has 0 amide bonds.